The molecule has 2 aromatic rings. The SMILES string of the molecule is COCC(N)C(=O)Nc1ncc(Cc2cccc(Br)c2)s1. The van der Waals surface area contributed by atoms with Crippen molar-refractivity contribution < 1.29 is 9.53 Å². The summed E-state index contributed by atoms with van der Waals surface area (Å²) in [7, 11) is 1.51. The van der Waals surface area contributed by atoms with Gasteiger partial charge >= 0.3 is 0 Å². The zero-order valence-corrected chi connectivity index (χ0v) is 13.9. The fourth-order valence-electron chi connectivity index (χ4n) is 1.75. The first kappa shape index (κ1) is 16.1. The maximum absolute atomic E-state index is 11.8. The van der Waals surface area contributed by atoms with Crippen molar-refractivity contribution in [3.63, 3.8) is 0 Å². The van der Waals surface area contributed by atoms with Gasteiger partial charge in [0.05, 0.1) is 6.61 Å². The van der Waals surface area contributed by atoms with E-state index >= 15 is 0 Å². The van der Waals surface area contributed by atoms with E-state index in [0.717, 1.165) is 15.8 Å². The van der Waals surface area contributed by atoms with E-state index in [9.17, 15) is 4.79 Å². The molecule has 0 saturated carbocycles. The minimum Gasteiger partial charge on any atom is -0.383 e. The first-order valence-corrected chi connectivity index (χ1v) is 7.94. The quantitative estimate of drug-likeness (QED) is 0.819. The number of nitrogens with one attached hydrogen (secondary N) is 1. The van der Waals surface area contributed by atoms with Gasteiger partial charge in [-0.1, -0.05) is 28.1 Å². The standard InChI is InChI=1S/C14H16BrN3O2S/c1-20-8-12(16)13(19)18-14-17-7-11(21-14)6-9-3-2-4-10(15)5-9/h2-5,7,12H,6,8,16H2,1H3,(H,17,18,19). The third kappa shape index (κ3) is 4.89. The molecule has 0 spiro atoms. The largest absolute Gasteiger partial charge is 0.383 e. The number of hydrogen-bond acceptors (Lipinski definition) is 5. The molecule has 0 aliphatic heterocycles. The molecule has 1 atom stereocenters. The van der Waals surface area contributed by atoms with Gasteiger partial charge in [0.1, 0.15) is 6.04 Å². The molecule has 1 amide bonds. The molecule has 0 aliphatic carbocycles. The third-order valence-corrected chi connectivity index (χ3v) is 4.14. The number of amides is 1. The van der Waals surface area contributed by atoms with Crippen LogP contribution in [0.4, 0.5) is 5.13 Å². The van der Waals surface area contributed by atoms with E-state index < -0.39 is 6.04 Å². The van der Waals surface area contributed by atoms with Crippen LogP contribution in [0.3, 0.4) is 0 Å². The molecule has 0 fully saturated rings. The second kappa shape index (κ2) is 7.65. The molecule has 1 aromatic carbocycles. The average Bonchev–Trinajstić information content (AvgIpc) is 2.86. The smallest absolute Gasteiger partial charge is 0.245 e. The van der Waals surface area contributed by atoms with Crippen LogP contribution in [0.5, 0.6) is 0 Å². The molecule has 1 heterocycles. The lowest BCUT2D eigenvalue weighted by Gasteiger charge is -2.08. The molecule has 2 rings (SSSR count). The number of methoxy groups -OCH3 is 1. The fourth-order valence-corrected chi connectivity index (χ4v) is 3.04. The van der Waals surface area contributed by atoms with Crippen molar-refractivity contribution in [1.82, 2.24) is 4.98 Å². The highest BCUT2D eigenvalue weighted by molar-refractivity contribution is 9.10. The second-order valence-electron chi connectivity index (χ2n) is 4.49. The summed E-state index contributed by atoms with van der Waals surface area (Å²) in [6.45, 7) is 0.183. The first-order chi connectivity index (χ1) is 10.1. The van der Waals surface area contributed by atoms with Crippen molar-refractivity contribution in [2.75, 3.05) is 19.0 Å². The van der Waals surface area contributed by atoms with Crippen LogP contribution in [0.15, 0.2) is 34.9 Å². The monoisotopic (exact) mass is 369 g/mol. The molecule has 21 heavy (non-hydrogen) atoms. The van der Waals surface area contributed by atoms with Crippen molar-refractivity contribution in [3.05, 3.63) is 45.4 Å². The summed E-state index contributed by atoms with van der Waals surface area (Å²) in [6, 6.07) is 7.41. The summed E-state index contributed by atoms with van der Waals surface area (Å²) >= 11 is 4.89. The highest BCUT2D eigenvalue weighted by Gasteiger charge is 2.14. The summed E-state index contributed by atoms with van der Waals surface area (Å²) in [5.41, 5.74) is 6.84. The first-order valence-electron chi connectivity index (χ1n) is 6.33. The lowest BCUT2D eigenvalue weighted by molar-refractivity contribution is -0.118. The normalized spacial score (nSPS) is 12.1. The molecule has 0 saturated heterocycles. The van der Waals surface area contributed by atoms with E-state index in [1.165, 1.54) is 24.0 Å². The van der Waals surface area contributed by atoms with Gasteiger partial charge in [0.2, 0.25) is 5.91 Å². The predicted molar refractivity (Wildman–Crippen MR) is 87.5 cm³/mol. The van der Waals surface area contributed by atoms with Crippen LogP contribution in [0.25, 0.3) is 0 Å². The number of anilines is 1. The number of nitrogens with two attached hydrogens (primary N) is 1. The summed E-state index contributed by atoms with van der Waals surface area (Å²) < 4.78 is 5.90. The Bertz CT molecular complexity index is 618. The van der Waals surface area contributed by atoms with Gasteiger partial charge in [0, 0.05) is 29.1 Å². The lowest BCUT2D eigenvalue weighted by atomic mass is 10.1. The molecule has 112 valence electrons. The van der Waals surface area contributed by atoms with Gasteiger partial charge in [0.25, 0.3) is 0 Å². The summed E-state index contributed by atoms with van der Waals surface area (Å²) in [5.74, 6) is -0.291. The highest BCUT2D eigenvalue weighted by Crippen LogP contribution is 2.22. The Hall–Kier alpha value is -1.28. The number of carbonyl (C=O) groups excluding carboxylic acids is 1. The number of rotatable bonds is 6. The van der Waals surface area contributed by atoms with Crippen LogP contribution in [0.1, 0.15) is 10.4 Å². The minimum absolute atomic E-state index is 0.183. The Balaban J connectivity index is 1.97. The number of ether oxygens (including phenoxy) is 1. The maximum Gasteiger partial charge on any atom is 0.245 e. The van der Waals surface area contributed by atoms with E-state index in [1.54, 1.807) is 6.20 Å². The van der Waals surface area contributed by atoms with Crippen LogP contribution in [0, 0.1) is 0 Å². The van der Waals surface area contributed by atoms with Crippen LogP contribution < -0.4 is 11.1 Å². The van der Waals surface area contributed by atoms with Crippen LogP contribution in [0.2, 0.25) is 0 Å². The molecule has 0 aliphatic rings. The van der Waals surface area contributed by atoms with E-state index in [1.807, 2.05) is 12.1 Å². The van der Waals surface area contributed by atoms with Crippen molar-refractivity contribution >= 4 is 38.3 Å². The topological polar surface area (TPSA) is 77.2 Å². The molecule has 3 N–H and O–H groups in total. The molecule has 7 heteroatoms. The highest BCUT2D eigenvalue weighted by atomic mass is 79.9. The minimum atomic E-state index is -0.688. The van der Waals surface area contributed by atoms with Gasteiger partial charge in [-0.05, 0) is 17.7 Å². The molecule has 0 bridgehead atoms. The van der Waals surface area contributed by atoms with Crippen LogP contribution >= 0.6 is 27.3 Å². The molecule has 1 aromatic heterocycles. The lowest BCUT2D eigenvalue weighted by Crippen LogP contribution is -2.39. The Morgan fingerprint density at radius 2 is 2.38 bits per heavy atom. The van der Waals surface area contributed by atoms with E-state index in [0.29, 0.717) is 5.13 Å². The van der Waals surface area contributed by atoms with Gasteiger partial charge in [-0.25, -0.2) is 4.98 Å². The van der Waals surface area contributed by atoms with Crippen molar-refractivity contribution in [1.29, 1.82) is 0 Å². The number of thiazole rings is 1. The maximum atomic E-state index is 11.8. The fraction of sp³-hybridized carbons (Fsp3) is 0.286. The van der Waals surface area contributed by atoms with Crippen LogP contribution in [-0.2, 0) is 16.0 Å². The zero-order valence-electron chi connectivity index (χ0n) is 11.5. The van der Waals surface area contributed by atoms with Gasteiger partial charge in [-0.15, -0.1) is 11.3 Å². The third-order valence-electron chi connectivity index (χ3n) is 2.73. The number of hydrogen-bond donors (Lipinski definition) is 2. The Kier molecular flexibility index (Phi) is 5.86. The summed E-state index contributed by atoms with van der Waals surface area (Å²) in [6.07, 6.45) is 2.54. The Labute approximate surface area is 135 Å². The molecule has 1 unspecified atom stereocenters. The molecular weight excluding hydrogens is 354 g/mol. The number of aromatic nitrogens is 1. The molecular formula is C14H16BrN3O2S. The summed E-state index contributed by atoms with van der Waals surface area (Å²) in [4.78, 5) is 17.0. The Morgan fingerprint density at radius 3 is 3.10 bits per heavy atom. The Morgan fingerprint density at radius 1 is 1.57 bits per heavy atom. The second-order valence-corrected chi connectivity index (χ2v) is 6.52. The van der Waals surface area contributed by atoms with Crippen molar-refractivity contribution in [2.24, 2.45) is 5.73 Å². The number of halogens is 1. The number of carbonyl (C=O) groups is 1. The van der Waals surface area contributed by atoms with Gasteiger partial charge in [0.15, 0.2) is 5.13 Å². The van der Waals surface area contributed by atoms with Crippen LogP contribution in [-0.4, -0.2) is 30.6 Å². The molecule has 0 radical (unpaired) electrons. The van der Waals surface area contributed by atoms with Crippen molar-refractivity contribution in [2.45, 2.75) is 12.5 Å². The van der Waals surface area contributed by atoms with Gasteiger partial charge in [-0.2, -0.15) is 0 Å². The van der Waals surface area contributed by atoms with E-state index in [-0.39, 0.29) is 12.5 Å². The average molecular weight is 370 g/mol. The molecule has 5 nitrogen and oxygen atoms in total. The zero-order chi connectivity index (χ0) is 15.2. The predicted octanol–water partition coefficient (Wildman–Crippen LogP) is 2.41. The summed E-state index contributed by atoms with van der Waals surface area (Å²) in [5, 5.41) is 3.25. The van der Waals surface area contributed by atoms with Crippen molar-refractivity contribution in [3.8, 4) is 0 Å². The van der Waals surface area contributed by atoms with E-state index in [2.05, 4.69) is 38.4 Å². The number of nitrogens with zero attached hydrogens (tertiary/aromatic N) is 1. The van der Waals surface area contributed by atoms with Gasteiger partial charge < -0.3 is 15.8 Å². The number of benzene rings is 1. The van der Waals surface area contributed by atoms with E-state index in [4.69, 9.17) is 10.5 Å². The van der Waals surface area contributed by atoms with Gasteiger partial charge in [-0.3, -0.25) is 4.79 Å².